The first-order chi connectivity index (χ1) is 9.24. The van der Waals surface area contributed by atoms with Gasteiger partial charge in [-0.2, -0.15) is 0 Å². The monoisotopic (exact) mass is 301 g/mol. The van der Waals surface area contributed by atoms with Gasteiger partial charge >= 0.3 is 0 Å². The van der Waals surface area contributed by atoms with Gasteiger partial charge in [-0.3, -0.25) is 4.90 Å². The number of rotatable bonds is 6. The molecule has 1 saturated heterocycles. The third kappa shape index (κ3) is 4.01. The smallest absolute Gasteiger partial charge is 0.123 e. The van der Waals surface area contributed by atoms with Crippen molar-refractivity contribution in [1.29, 1.82) is 0 Å². The van der Waals surface area contributed by atoms with Crippen molar-refractivity contribution in [2.45, 2.75) is 38.3 Å². The highest BCUT2D eigenvalue weighted by atomic mass is 35.5. The highest BCUT2D eigenvalue weighted by Gasteiger charge is 2.24. The molecule has 1 aromatic carbocycles. The van der Waals surface area contributed by atoms with E-state index < -0.39 is 0 Å². The molecule has 1 aliphatic rings. The molecule has 19 heavy (non-hydrogen) atoms. The zero-order valence-electron chi connectivity index (χ0n) is 11.4. The standard InChI is InChI=1S/C15H21Cl2NO/c1-19-15-7-6-13(17)10-12(15)11-18-9-3-5-14(18)4-2-8-16/h6-7,10,14H,2-5,8-9,11H2,1H3. The van der Waals surface area contributed by atoms with Gasteiger partial charge in [0.05, 0.1) is 7.11 Å². The average molecular weight is 302 g/mol. The van der Waals surface area contributed by atoms with Crippen molar-refractivity contribution < 1.29 is 4.74 Å². The number of hydrogen-bond donors (Lipinski definition) is 0. The molecule has 0 radical (unpaired) electrons. The maximum absolute atomic E-state index is 6.09. The van der Waals surface area contributed by atoms with E-state index in [-0.39, 0.29) is 0 Å². The van der Waals surface area contributed by atoms with Gasteiger partial charge in [0, 0.05) is 29.1 Å². The van der Waals surface area contributed by atoms with Gasteiger partial charge in [0.15, 0.2) is 0 Å². The van der Waals surface area contributed by atoms with Crippen LogP contribution in [0.4, 0.5) is 0 Å². The fraction of sp³-hybridized carbons (Fsp3) is 0.600. The van der Waals surface area contributed by atoms with Gasteiger partial charge in [0.2, 0.25) is 0 Å². The molecular weight excluding hydrogens is 281 g/mol. The molecule has 0 saturated carbocycles. The van der Waals surface area contributed by atoms with E-state index in [1.54, 1.807) is 7.11 Å². The van der Waals surface area contributed by atoms with Gasteiger partial charge in [-0.1, -0.05) is 11.6 Å². The molecule has 1 atom stereocenters. The first-order valence-corrected chi connectivity index (χ1v) is 7.78. The molecule has 106 valence electrons. The quantitative estimate of drug-likeness (QED) is 0.725. The predicted octanol–water partition coefficient (Wildman–Crippen LogP) is 4.33. The van der Waals surface area contributed by atoms with Gasteiger partial charge in [0.25, 0.3) is 0 Å². The molecule has 2 rings (SSSR count). The van der Waals surface area contributed by atoms with Crippen LogP contribution in [0.1, 0.15) is 31.2 Å². The van der Waals surface area contributed by atoms with E-state index >= 15 is 0 Å². The van der Waals surface area contributed by atoms with E-state index in [1.807, 2.05) is 18.2 Å². The third-order valence-electron chi connectivity index (χ3n) is 3.79. The molecule has 0 spiro atoms. The summed E-state index contributed by atoms with van der Waals surface area (Å²) in [6.07, 6.45) is 4.83. The third-order valence-corrected chi connectivity index (χ3v) is 4.29. The van der Waals surface area contributed by atoms with E-state index in [1.165, 1.54) is 24.8 Å². The lowest BCUT2D eigenvalue weighted by molar-refractivity contribution is 0.230. The molecule has 0 N–H and O–H groups in total. The van der Waals surface area contributed by atoms with Gasteiger partial charge in [-0.05, 0) is 50.4 Å². The van der Waals surface area contributed by atoms with Gasteiger partial charge < -0.3 is 4.74 Å². The second-order valence-corrected chi connectivity index (χ2v) is 5.87. The minimum atomic E-state index is 0.655. The first-order valence-electron chi connectivity index (χ1n) is 6.87. The summed E-state index contributed by atoms with van der Waals surface area (Å²) in [6, 6.07) is 6.49. The molecule has 1 aromatic rings. The fourth-order valence-corrected chi connectivity index (χ4v) is 3.18. The summed E-state index contributed by atoms with van der Waals surface area (Å²) in [5.74, 6) is 1.68. The van der Waals surface area contributed by atoms with Crippen LogP contribution < -0.4 is 4.74 Å². The Balaban J connectivity index is 2.05. The van der Waals surface area contributed by atoms with Crippen molar-refractivity contribution in [2.75, 3.05) is 19.5 Å². The van der Waals surface area contributed by atoms with Crippen molar-refractivity contribution in [3.8, 4) is 5.75 Å². The average Bonchev–Trinajstić information content (AvgIpc) is 2.84. The van der Waals surface area contributed by atoms with Gasteiger partial charge in [-0.15, -0.1) is 11.6 Å². The van der Waals surface area contributed by atoms with E-state index in [0.717, 1.165) is 36.2 Å². The molecule has 4 heteroatoms. The Hall–Kier alpha value is -0.440. The zero-order chi connectivity index (χ0) is 13.7. The molecule has 1 unspecified atom stereocenters. The first kappa shape index (κ1) is 15.0. The molecule has 1 fully saturated rings. The van der Waals surface area contributed by atoms with E-state index in [2.05, 4.69) is 4.90 Å². The number of hydrogen-bond acceptors (Lipinski definition) is 2. The maximum Gasteiger partial charge on any atom is 0.123 e. The van der Waals surface area contributed by atoms with Crippen LogP contribution in [-0.2, 0) is 6.54 Å². The lowest BCUT2D eigenvalue weighted by Crippen LogP contribution is -2.29. The van der Waals surface area contributed by atoms with Crippen LogP contribution in [0.5, 0.6) is 5.75 Å². The molecule has 0 amide bonds. The van der Waals surface area contributed by atoms with Crippen molar-refractivity contribution in [3.05, 3.63) is 28.8 Å². The van der Waals surface area contributed by atoms with Crippen LogP contribution in [0.2, 0.25) is 5.02 Å². The van der Waals surface area contributed by atoms with Crippen molar-refractivity contribution in [1.82, 2.24) is 4.90 Å². The summed E-state index contributed by atoms with van der Waals surface area (Å²) in [4.78, 5) is 2.53. The number of ether oxygens (including phenoxy) is 1. The Labute approximate surface area is 125 Å². The summed E-state index contributed by atoms with van der Waals surface area (Å²) in [5, 5.41) is 0.771. The second kappa shape index (κ2) is 7.37. The molecule has 1 heterocycles. The van der Waals surface area contributed by atoms with Crippen molar-refractivity contribution >= 4 is 23.2 Å². The SMILES string of the molecule is COc1ccc(Cl)cc1CN1CCCC1CCCCl. The highest BCUT2D eigenvalue weighted by Crippen LogP contribution is 2.28. The number of halogens is 2. The summed E-state index contributed by atoms with van der Waals surface area (Å²) >= 11 is 11.9. The molecule has 1 aliphatic heterocycles. The summed E-state index contributed by atoms with van der Waals surface area (Å²) in [6.45, 7) is 2.07. The molecule has 0 bridgehead atoms. The van der Waals surface area contributed by atoms with Crippen LogP contribution in [0, 0.1) is 0 Å². The summed E-state index contributed by atoms with van der Waals surface area (Å²) in [5.41, 5.74) is 1.17. The Bertz CT molecular complexity index is 411. The Morgan fingerprint density at radius 1 is 1.42 bits per heavy atom. The number of methoxy groups -OCH3 is 1. The zero-order valence-corrected chi connectivity index (χ0v) is 12.9. The topological polar surface area (TPSA) is 12.5 Å². The fourth-order valence-electron chi connectivity index (χ4n) is 2.83. The Morgan fingerprint density at radius 2 is 2.26 bits per heavy atom. The Morgan fingerprint density at radius 3 is 3.00 bits per heavy atom. The predicted molar refractivity (Wildman–Crippen MR) is 81.4 cm³/mol. The summed E-state index contributed by atoms with van der Waals surface area (Å²) in [7, 11) is 1.71. The van der Waals surface area contributed by atoms with E-state index in [9.17, 15) is 0 Å². The lowest BCUT2D eigenvalue weighted by Gasteiger charge is -2.25. The largest absolute Gasteiger partial charge is 0.496 e. The number of nitrogens with zero attached hydrogens (tertiary/aromatic N) is 1. The second-order valence-electron chi connectivity index (χ2n) is 5.05. The minimum Gasteiger partial charge on any atom is -0.496 e. The maximum atomic E-state index is 6.09. The van der Waals surface area contributed by atoms with E-state index in [0.29, 0.717) is 6.04 Å². The number of alkyl halides is 1. The molecule has 0 aliphatic carbocycles. The Kier molecular flexibility index (Phi) is 5.80. The molecule has 0 aromatic heterocycles. The van der Waals surface area contributed by atoms with Gasteiger partial charge in [-0.25, -0.2) is 0 Å². The van der Waals surface area contributed by atoms with Crippen LogP contribution in [0.25, 0.3) is 0 Å². The lowest BCUT2D eigenvalue weighted by atomic mass is 10.1. The van der Waals surface area contributed by atoms with Crippen LogP contribution in [0.15, 0.2) is 18.2 Å². The van der Waals surface area contributed by atoms with Crippen LogP contribution in [-0.4, -0.2) is 30.5 Å². The van der Waals surface area contributed by atoms with Crippen LogP contribution >= 0.6 is 23.2 Å². The summed E-state index contributed by atoms with van der Waals surface area (Å²) < 4.78 is 5.42. The van der Waals surface area contributed by atoms with Crippen LogP contribution in [0.3, 0.4) is 0 Å². The normalized spacial score (nSPS) is 19.8. The highest BCUT2D eigenvalue weighted by molar-refractivity contribution is 6.30. The molecular formula is C15H21Cl2NO. The van der Waals surface area contributed by atoms with Crippen molar-refractivity contribution in [2.24, 2.45) is 0 Å². The number of likely N-dealkylation sites (tertiary alicyclic amines) is 1. The molecule has 2 nitrogen and oxygen atoms in total. The minimum absolute atomic E-state index is 0.655. The van der Waals surface area contributed by atoms with Gasteiger partial charge in [0.1, 0.15) is 5.75 Å². The van der Waals surface area contributed by atoms with Crippen molar-refractivity contribution in [3.63, 3.8) is 0 Å². The number of benzene rings is 1. The van der Waals surface area contributed by atoms with E-state index in [4.69, 9.17) is 27.9 Å².